The zero-order valence-corrected chi connectivity index (χ0v) is 9.07. The summed E-state index contributed by atoms with van der Waals surface area (Å²) in [6, 6.07) is 4.29. The van der Waals surface area contributed by atoms with Crippen LogP contribution < -0.4 is 11.5 Å². The first kappa shape index (κ1) is 12.5. The van der Waals surface area contributed by atoms with Crippen molar-refractivity contribution < 1.29 is 14.7 Å². The van der Waals surface area contributed by atoms with Gasteiger partial charge in [0.25, 0.3) is 0 Å². The summed E-state index contributed by atoms with van der Waals surface area (Å²) >= 11 is 5.70. The molecule has 1 atom stereocenters. The van der Waals surface area contributed by atoms with Crippen LogP contribution in [0.2, 0.25) is 5.02 Å². The summed E-state index contributed by atoms with van der Waals surface area (Å²) in [5, 5.41) is 9.36. The van der Waals surface area contributed by atoms with E-state index in [-0.39, 0.29) is 11.1 Å². The monoisotopic (exact) mass is 242 g/mol. The van der Waals surface area contributed by atoms with Crippen molar-refractivity contribution in [2.24, 2.45) is 11.5 Å². The lowest BCUT2D eigenvalue weighted by Crippen LogP contribution is -2.27. The summed E-state index contributed by atoms with van der Waals surface area (Å²) in [6.07, 6.45) is 0. The first-order valence-corrected chi connectivity index (χ1v) is 4.84. The molecule has 0 aliphatic carbocycles. The molecule has 2 amide bonds. The third-order valence-electron chi connectivity index (χ3n) is 2.18. The lowest BCUT2D eigenvalue weighted by atomic mass is 9.94. The van der Waals surface area contributed by atoms with Gasteiger partial charge >= 0.3 is 0 Å². The second-order valence-electron chi connectivity index (χ2n) is 3.23. The molecule has 0 heterocycles. The fraction of sp³-hybridized carbons (Fsp3) is 0.200. The fourth-order valence-corrected chi connectivity index (χ4v) is 1.56. The molecule has 0 fully saturated rings. The summed E-state index contributed by atoms with van der Waals surface area (Å²) in [5.41, 5.74) is 10.6. The maximum atomic E-state index is 11.1. The number of hydrogen-bond donors (Lipinski definition) is 3. The smallest absolute Gasteiger partial charge is 0.249 e. The van der Waals surface area contributed by atoms with Crippen molar-refractivity contribution >= 4 is 23.4 Å². The van der Waals surface area contributed by atoms with Crippen LogP contribution in [0.1, 0.15) is 21.8 Å². The van der Waals surface area contributed by atoms with Gasteiger partial charge in [0.2, 0.25) is 11.8 Å². The van der Waals surface area contributed by atoms with Crippen LogP contribution in [-0.4, -0.2) is 23.5 Å². The van der Waals surface area contributed by atoms with E-state index in [2.05, 4.69) is 0 Å². The Kier molecular flexibility index (Phi) is 3.87. The Labute approximate surface area is 97.0 Å². The summed E-state index contributed by atoms with van der Waals surface area (Å²) < 4.78 is 0. The highest BCUT2D eigenvalue weighted by Crippen LogP contribution is 2.23. The number of rotatable bonds is 4. The van der Waals surface area contributed by atoms with Crippen LogP contribution in [0.15, 0.2) is 18.2 Å². The number of carbonyl (C=O) groups excluding carboxylic acids is 2. The van der Waals surface area contributed by atoms with Crippen LogP contribution in [0.25, 0.3) is 0 Å². The predicted octanol–water partition coefficient (Wildman–Crippen LogP) is 0.0001000. The zero-order chi connectivity index (χ0) is 12.3. The first-order valence-electron chi connectivity index (χ1n) is 4.46. The molecule has 0 aliphatic rings. The number of nitrogens with two attached hydrogens (primary N) is 2. The minimum absolute atomic E-state index is 0.0883. The molecule has 0 aromatic heterocycles. The molecule has 0 unspecified atom stereocenters. The average molecular weight is 243 g/mol. The van der Waals surface area contributed by atoms with Crippen LogP contribution in [-0.2, 0) is 4.79 Å². The molecule has 0 spiro atoms. The normalized spacial score (nSPS) is 12.1. The van der Waals surface area contributed by atoms with Crippen LogP contribution in [0, 0.1) is 0 Å². The van der Waals surface area contributed by atoms with Crippen molar-refractivity contribution in [2.45, 2.75) is 5.92 Å². The van der Waals surface area contributed by atoms with E-state index in [1.165, 1.54) is 18.2 Å². The largest absolute Gasteiger partial charge is 0.395 e. The third kappa shape index (κ3) is 2.50. The van der Waals surface area contributed by atoms with E-state index in [0.717, 1.165) is 0 Å². The SMILES string of the molecule is NC(=O)c1cc(Cl)ccc1[C@@H](CO)C(N)=O. The van der Waals surface area contributed by atoms with Gasteiger partial charge in [-0.25, -0.2) is 0 Å². The Hall–Kier alpha value is -1.59. The number of primary amides is 2. The summed E-state index contributed by atoms with van der Waals surface area (Å²) in [6.45, 7) is -0.489. The molecule has 6 heteroatoms. The standard InChI is InChI=1S/C10H11ClN2O3/c11-5-1-2-6(7(3-5)9(12)15)8(4-14)10(13)16/h1-3,8,14H,4H2,(H2,12,15)(H2,13,16)/t8-/m1/s1. The number of hydrogen-bond acceptors (Lipinski definition) is 3. The lowest BCUT2D eigenvalue weighted by Gasteiger charge is -2.14. The Morgan fingerprint density at radius 3 is 2.44 bits per heavy atom. The number of carbonyl (C=O) groups is 2. The Bertz CT molecular complexity index is 434. The number of halogens is 1. The van der Waals surface area contributed by atoms with Crippen molar-refractivity contribution in [1.82, 2.24) is 0 Å². The zero-order valence-electron chi connectivity index (χ0n) is 8.31. The molecule has 86 valence electrons. The Morgan fingerprint density at radius 2 is 2.00 bits per heavy atom. The van der Waals surface area contributed by atoms with Gasteiger partial charge in [-0.3, -0.25) is 9.59 Å². The number of aliphatic hydroxyl groups excluding tert-OH is 1. The highest BCUT2D eigenvalue weighted by Gasteiger charge is 2.22. The van der Waals surface area contributed by atoms with Gasteiger partial charge < -0.3 is 16.6 Å². The fourth-order valence-electron chi connectivity index (χ4n) is 1.39. The van der Waals surface area contributed by atoms with Crippen molar-refractivity contribution in [1.29, 1.82) is 0 Å². The molecular formula is C10H11ClN2O3. The van der Waals surface area contributed by atoms with E-state index in [9.17, 15) is 9.59 Å². The number of benzene rings is 1. The van der Waals surface area contributed by atoms with E-state index in [1.54, 1.807) is 0 Å². The minimum atomic E-state index is -0.959. The maximum absolute atomic E-state index is 11.1. The van der Waals surface area contributed by atoms with Crippen LogP contribution in [0.4, 0.5) is 0 Å². The highest BCUT2D eigenvalue weighted by atomic mass is 35.5. The van der Waals surface area contributed by atoms with E-state index >= 15 is 0 Å². The molecule has 1 rings (SSSR count). The first-order chi connectivity index (χ1) is 7.47. The molecular weight excluding hydrogens is 232 g/mol. The van der Waals surface area contributed by atoms with Crippen molar-refractivity contribution in [3.05, 3.63) is 34.3 Å². The molecule has 0 radical (unpaired) electrons. The van der Waals surface area contributed by atoms with Crippen LogP contribution in [0.3, 0.4) is 0 Å². The van der Waals surface area contributed by atoms with Gasteiger partial charge in [0.05, 0.1) is 12.5 Å². The van der Waals surface area contributed by atoms with Crippen molar-refractivity contribution in [3.8, 4) is 0 Å². The minimum Gasteiger partial charge on any atom is -0.395 e. The predicted molar refractivity (Wildman–Crippen MR) is 59.0 cm³/mol. The number of aliphatic hydroxyl groups is 1. The van der Waals surface area contributed by atoms with Crippen LogP contribution in [0.5, 0.6) is 0 Å². The quantitative estimate of drug-likeness (QED) is 0.692. The Morgan fingerprint density at radius 1 is 1.38 bits per heavy atom. The van der Waals surface area contributed by atoms with Gasteiger partial charge in [-0.1, -0.05) is 17.7 Å². The second-order valence-corrected chi connectivity index (χ2v) is 3.67. The molecule has 5 nitrogen and oxygen atoms in total. The van der Waals surface area contributed by atoms with E-state index < -0.39 is 24.3 Å². The summed E-state index contributed by atoms with van der Waals surface area (Å²) in [7, 11) is 0. The van der Waals surface area contributed by atoms with E-state index in [4.69, 9.17) is 28.2 Å². The molecule has 0 aliphatic heterocycles. The average Bonchev–Trinajstić information content (AvgIpc) is 2.20. The second kappa shape index (κ2) is 4.96. The molecule has 0 saturated carbocycles. The summed E-state index contributed by atoms with van der Waals surface area (Å²) in [5.74, 6) is -2.41. The Balaban J connectivity index is 3.31. The highest BCUT2D eigenvalue weighted by molar-refractivity contribution is 6.31. The molecule has 0 bridgehead atoms. The van der Waals surface area contributed by atoms with Gasteiger partial charge in [-0.2, -0.15) is 0 Å². The van der Waals surface area contributed by atoms with Gasteiger partial charge in [0.1, 0.15) is 0 Å². The van der Waals surface area contributed by atoms with Crippen LogP contribution >= 0.6 is 11.6 Å². The maximum Gasteiger partial charge on any atom is 0.249 e. The lowest BCUT2D eigenvalue weighted by molar-refractivity contribution is -0.120. The number of amides is 2. The third-order valence-corrected chi connectivity index (χ3v) is 2.42. The van der Waals surface area contributed by atoms with Gasteiger partial charge in [0, 0.05) is 10.6 Å². The van der Waals surface area contributed by atoms with Crippen molar-refractivity contribution in [2.75, 3.05) is 6.61 Å². The van der Waals surface area contributed by atoms with E-state index in [1.807, 2.05) is 0 Å². The van der Waals surface area contributed by atoms with E-state index in [0.29, 0.717) is 5.02 Å². The molecule has 1 aromatic rings. The molecule has 16 heavy (non-hydrogen) atoms. The van der Waals surface area contributed by atoms with Gasteiger partial charge in [-0.05, 0) is 17.7 Å². The molecule has 5 N–H and O–H groups in total. The summed E-state index contributed by atoms with van der Waals surface area (Å²) in [4.78, 5) is 22.2. The van der Waals surface area contributed by atoms with Crippen molar-refractivity contribution in [3.63, 3.8) is 0 Å². The molecule has 1 aromatic carbocycles. The molecule has 0 saturated heterocycles. The van der Waals surface area contributed by atoms with Gasteiger partial charge in [-0.15, -0.1) is 0 Å². The topological polar surface area (TPSA) is 106 Å². The van der Waals surface area contributed by atoms with Gasteiger partial charge in [0.15, 0.2) is 0 Å².